The Morgan fingerprint density at radius 1 is 0.743 bits per heavy atom. The predicted molar refractivity (Wildman–Crippen MR) is 124 cm³/mol. The summed E-state index contributed by atoms with van der Waals surface area (Å²) in [6.45, 7) is 0. The topological polar surface area (TPSA) is 274 Å². The molecule has 198 valence electrons. The summed E-state index contributed by atoms with van der Waals surface area (Å²) in [7, 11) is 0. The number of amides is 5. The van der Waals surface area contributed by atoms with E-state index < -0.39 is 84.9 Å². The molecule has 0 spiro atoms. The van der Waals surface area contributed by atoms with Gasteiger partial charge in [0.25, 0.3) is 0 Å². The van der Waals surface area contributed by atoms with E-state index in [-0.39, 0.29) is 19.3 Å². The lowest BCUT2D eigenvalue weighted by Gasteiger charge is -2.24. The molecule has 0 saturated carbocycles. The van der Waals surface area contributed by atoms with E-state index >= 15 is 0 Å². The first-order chi connectivity index (χ1) is 16.3. The first-order valence-corrected chi connectivity index (χ1v) is 11.8. The standard InChI is InChI=1S/C19H32N6O9S/c1-35-7-6-11(19(33)34)24-18(32)12(8-14(22)27)25-17(31)10(3-5-15(28)29)23-16(30)9(20)2-4-13(21)26/h9-12H,2-8,20H2,1H3,(H2,21,26)(H2,22,27)(H,23,30)(H,24,32)(H,25,31)(H,28,29)(H,33,34). The lowest BCUT2D eigenvalue weighted by atomic mass is 10.1. The highest BCUT2D eigenvalue weighted by atomic mass is 32.2. The van der Waals surface area contributed by atoms with E-state index in [4.69, 9.17) is 22.3 Å². The monoisotopic (exact) mass is 520 g/mol. The first-order valence-electron chi connectivity index (χ1n) is 10.4. The molecule has 35 heavy (non-hydrogen) atoms. The van der Waals surface area contributed by atoms with E-state index in [0.29, 0.717) is 5.75 Å². The maximum absolute atomic E-state index is 12.8. The average Bonchev–Trinajstić information content (AvgIpc) is 2.75. The van der Waals surface area contributed by atoms with Gasteiger partial charge in [0, 0.05) is 12.8 Å². The number of thioether (sulfide) groups is 1. The number of rotatable bonds is 18. The molecule has 0 aromatic rings. The zero-order valence-corrected chi connectivity index (χ0v) is 20.0. The largest absolute Gasteiger partial charge is 0.481 e. The van der Waals surface area contributed by atoms with E-state index in [1.165, 1.54) is 11.8 Å². The molecule has 11 N–H and O–H groups in total. The normalized spacial score (nSPS) is 14.0. The molecule has 16 heteroatoms. The minimum absolute atomic E-state index is 0.0694. The summed E-state index contributed by atoms with van der Waals surface area (Å²) in [5.74, 6) is -6.80. The van der Waals surface area contributed by atoms with Gasteiger partial charge in [-0.15, -0.1) is 0 Å². The van der Waals surface area contributed by atoms with E-state index in [2.05, 4.69) is 16.0 Å². The lowest BCUT2D eigenvalue weighted by Crippen LogP contribution is -2.57. The fourth-order valence-electron chi connectivity index (χ4n) is 2.69. The highest BCUT2D eigenvalue weighted by Gasteiger charge is 2.31. The van der Waals surface area contributed by atoms with Gasteiger partial charge in [-0.05, 0) is 31.3 Å². The lowest BCUT2D eigenvalue weighted by molar-refractivity contribution is -0.142. The molecule has 4 unspecified atom stereocenters. The van der Waals surface area contributed by atoms with E-state index in [0.717, 1.165) is 0 Å². The van der Waals surface area contributed by atoms with Gasteiger partial charge in [0.15, 0.2) is 0 Å². The Balaban J connectivity index is 5.53. The zero-order valence-electron chi connectivity index (χ0n) is 19.2. The number of carboxylic acids is 2. The van der Waals surface area contributed by atoms with Gasteiger partial charge in [0.2, 0.25) is 29.5 Å². The summed E-state index contributed by atoms with van der Waals surface area (Å²) in [6, 6.07) is -5.61. The third-order valence-corrected chi connectivity index (χ3v) is 5.23. The predicted octanol–water partition coefficient (Wildman–Crippen LogP) is -3.39. The molecular formula is C19H32N6O9S. The molecule has 0 saturated heterocycles. The van der Waals surface area contributed by atoms with Crippen LogP contribution < -0.4 is 33.2 Å². The first kappa shape index (κ1) is 31.6. The zero-order chi connectivity index (χ0) is 27.1. The van der Waals surface area contributed by atoms with Crippen LogP contribution in [0, 0.1) is 0 Å². The van der Waals surface area contributed by atoms with Crippen molar-refractivity contribution in [2.45, 2.75) is 62.7 Å². The molecule has 0 aromatic heterocycles. The van der Waals surface area contributed by atoms with E-state index in [9.17, 15) is 38.7 Å². The van der Waals surface area contributed by atoms with Crippen LogP contribution in [0.4, 0.5) is 0 Å². The summed E-state index contributed by atoms with van der Waals surface area (Å²) in [5, 5.41) is 24.9. The number of primary amides is 2. The number of carboxylic acid groups (broad SMARTS) is 2. The van der Waals surface area contributed by atoms with Crippen LogP contribution in [0.25, 0.3) is 0 Å². The molecule has 0 radical (unpaired) electrons. The molecule has 0 aromatic carbocycles. The van der Waals surface area contributed by atoms with Gasteiger partial charge in [-0.25, -0.2) is 4.79 Å². The van der Waals surface area contributed by atoms with Crippen molar-refractivity contribution in [1.29, 1.82) is 0 Å². The van der Waals surface area contributed by atoms with Crippen molar-refractivity contribution in [3.63, 3.8) is 0 Å². The second-order valence-electron chi connectivity index (χ2n) is 7.52. The average molecular weight is 521 g/mol. The van der Waals surface area contributed by atoms with Crippen LogP contribution in [-0.2, 0) is 33.6 Å². The SMILES string of the molecule is CSCCC(NC(=O)C(CC(N)=O)NC(=O)C(CCC(=O)O)NC(=O)C(N)CCC(N)=O)C(=O)O. The number of carbonyl (C=O) groups excluding carboxylic acids is 5. The molecule has 0 heterocycles. The van der Waals surface area contributed by atoms with Crippen molar-refractivity contribution in [2.75, 3.05) is 12.0 Å². The Bertz CT molecular complexity index is 810. The van der Waals surface area contributed by atoms with Crippen LogP contribution in [0.1, 0.15) is 38.5 Å². The van der Waals surface area contributed by atoms with Gasteiger partial charge in [-0.3, -0.25) is 28.8 Å². The minimum atomic E-state index is -1.59. The van der Waals surface area contributed by atoms with Crippen molar-refractivity contribution < 1.29 is 43.8 Å². The summed E-state index contributed by atoms with van der Waals surface area (Å²) in [5.41, 5.74) is 15.8. The second kappa shape index (κ2) is 16.3. The van der Waals surface area contributed by atoms with Crippen LogP contribution in [0.5, 0.6) is 0 Å². The number of hydrogen-bond acceptors (Lipinski definition) is 9. The number of aliphatic carboxylic acids is 2. The quantitative estimate of drug-likeness (QED) is 0.0882. The molecule has 4 atom stereocenters. The summed E-state index contributed by atoms with van der Waals surface area (Å²) >= 11 is 1.35. The van der Waals surface area contributed by atoms with Gasteiger partial charge >= 0.3 is 11.9 Å². The summed E-state index contributed by atoms with van der Waals surface area (Å²) in [6.07, 6.45) is -0.161. The molecule has 0 aliphatic heterocycles. The third-order valence-electron chi connectivity index (χ3n) is 4.58. The number of nitrogens with one attached hydrogen (secondary N) is 3. The van der Waals surface area contributed by atoms with Crippen LogP contribution in [-0.4, -0.2) is 87.9 Å². The molecule has 15 nitrogen and oxygen atoms in total. The van der Waals surface area contributed by atoms with Gasteiger partial charge in [-0.1, -0.05) is 0 Å². The highest BCUT2D eigenvalue weighted by Crippen LogP contribution is 2.05. The summed E-state index contributed by atoms with van der Waals surface area (Å²) in [4.78, 5) is 82.4. The fourth-order valence-corrected chi connectivity index (χ4v) is 3.16. The Kier molecular flexibility index (Phi) is 14.7. The van der Waals surface area contributed by atoms with E-state index in [1.54, 1.807) is 6.26 Å². The summed E-state index contributed by atoms with van der Waals surface area (Å²) < 4.78 is 0. The van der Waals surface area contributed by atoms with Crippen LogP contribution in [0.3, 0.4) is 0 Å². The van der Waals surface area contributed by atoms with Gasteiger partial charge < -0.3 is 43.4 Å². The van der Waals surface area contributed by atoms with E-state index in [1.807, 2.05) is 0 Å². The van der Waals surface area contributed by atoms with Crippen LogP contribution in [0.2, 0.25) is 0 Å². The molecule has 0 bridgehead atoms. The number of carbonyl (C=O) groups is 7. The van der Waals surface area contributed by atoms with Crippen molar-refractivity contribution in [3.8, 4) is 0 Å². The molecular weight excluding hydrogens is 488 g/mol. The smallest absolute Gasteiger partial charge is 0.326 e. The van der Waals surface area contributed by atoms with Gasteiger partial charge in [-0.2, -0.15) is 11.8 Å². The van der Waals surface area contributed by atoms with Crippen LogP contribution >= 0.6 is 11.8 Å². The molecule has 5 amide bonds. The second-order valence-corrected chi connectivity index (χ2v) is 8.50. The minimum Gasteiger partial charge on any atom is -0.481 e. The Labute approximate surface area is 205 Å². The number of nitrogens with two attached hydrogens (primary N) is 3. The van der Waals surface area contributed by atoms with Gasteiger partial charge in [0.05, 0.1) is 12.5 Å². The molecule has 0 aliphatic rings. The third kappa shape index (κ3) is 13.8. The fraction of sp³-hybridized carbons (Fsp3) is 0.632. The van der Waals surface area contributed by atoms with Crippen molar-refractivity contribution in [2.24, 2.45) is 17.2 Å². The van der Waals surface area contributed by atoms with Crippen LogP contribution in [0.15, 0.2) is 0 Å². The Morgan fingerprint density at radius 3 is 1.77 bits per heavy atom. The molecule has 0 rings (SSSR count). The maximum Gasteiger partial charge on any atom is 0.326 e. The highest BCUT2D eigenvalue weighted by molar-refractivity contribution is 7.98. The van der Waals surface area contributed by atoms with Crippen molar-refractivity contribution in [1.82, 2.24) is 16.0 Å². The van der Waals surface area contributed by atoms with Crippen molar-refractivity contribution >= 4 is 53.2 Å². The Hall–Kier alpha value is -3.40. The maximum atomic E-state index is 12.8. The van der Waals surface area contributed by atoms with Crippen molar-refractivity contribution in [3.05, 3.63) is 0 Å². The number of hydrogen-bond donors (Lipinski definition) is 8. The molecule has 0 fully saturated rings. The molecule has 0 aliphatic carbocycles. The van der Waals surface area contributed by atoms with Gasteiger partial charge in [0.1, 0.15) is 18.1 Å². The Morgan fingerprint density at radius 2 is 1.29 bits per heavy atom.